The van der Waals surface area contributed by atoms with Gasteiger partial charge in [-0.15, -0.1) is 0 Å². The maximum Gasteiger partial charge on any atom is 0.241 e. The van der Waals surface area contributed by atoms with Crippen LogP contribution in [0.15, 0.2) is 43.0 Å². The first kappa shape index (κ1) is 12.0. The van der Waals surface area contributed by atoms with E-state index in [0.717, 1.165) is 16.8 Å². The molecule has 6 heteroatoms. The third-order valence-electron chi connectivity index (χ3n) is 2.79. The first-order chi connectivity index (χ1) is 9.74. The highest BCUT2D eigenvalue weighted by atomic mass is 16.1. The van der Waals surface area contributed by atoms with E-state index >= 15 is 0 Å². The number of hydrogen-bond donors (Lipinski definition) is 2. The molecule has 0 aromatic carbocycles. The highest BCUT2D eigenvalue weighted by molar-refractivity contribution is 5.93. The van der Waals surface area contributed by atoms with Gasteiger partial charge >= 0.3 is 0 Å². The van der Waals surface area contributed by atoms with Gasteiger partial charge in [-0.3, -0.25) is 9.78 Å². The van der Waals surface area contributed by atoms with Crippen LogP contribution >= 0.6 is 0 Å². The summed E-state index contributed by atoms with van der Waals surface area (Å²) in [7, 11) is 0. The quantitative estimate of drug-likeness (QED) is 0.701. The first-order valence-electron chi connectivity index (χ1n) is 5.96. The fourth-order valence-electron chi connectivity index (χ4n) is 1.86. The van der Waals surface area contributed by atoms with E-state index in [-0.39, 0.29) is 0 Å². The zero-order valence-electron chi connectivity index (χ0n) is 10.4. The van der Waals surface area contributed by atoms with Crippen molar-refractivity contribution < 1.29 is 4.79 Å². The van der Waals surface area contributed by atoms with E-state index in [0.29, 0.717) is 11.2 Å². The number of primary amides is 1. The van der Waals surface area contributed by atoms with E-state index in [1.54, 1.807) is 30.9 Å². The Labute approximate surface area is 114 Å². The van der Waals surface area contributed by atoms with Crippen LogP contribution in [0.4, 0.5) is 0 Å². The molecule has 20 heavy (non-hydrogen) atoms. The van der Waals surface area contributed by atoms with Gasteiger partial charge < -0.3 is 10.7 Å². The smallest absolute Gasteiger partial charge is 0.241 e. The van der Waals surface area contributed by atoms with Gasteiger partial charge in [-0.25, -0.2) is 9.97 Å². The predicted octanol–water partition coefficient (Wildman–Crippen LogP) is 1.52. The summed E-state index contributed by atoms with van der Waals surface area (Å²) in [5.41, 5.74) is 8.80. The summed E-state index contributed by atoms with van der Waals surface area (Å²) in [6.07, 6.45) is 9.74. The molecule has 6 nitrogen and oxygen atoms in total. The fourth-order valence-corrected chi connectivity index (χ4v) is 1.86. The van der Waals surface area contributed by atoms with Gasteiger partial charge in [-0.1, -0.05) is 0 Å². The Balaban J connectivity index is 2.10. The average molecular weight is 265 g/mol. The number of amides is 1. The largest absolute Gasteiger partial charge is 0.366 e. The number of aromatic nitrogens is 4. The number of H-pyrrole nitrogens is 1. The minimum atomic E-state index is -0.504. The van der Waals surface area contributed by atoms with Gasteiger partial charge in [-0.05, 0) is 18.2 Å². The standard InChI is InChI=1S/C14H11N5O/c15-12(20)4-3-10-7-17-14-13(10)19-11(8-18-14)9-2-1-5-16-6-9/h1-8H,(H2,15,20)(H,17,18)/b4-3+. The normalized spacial score (nSPS) is 11.2. The molecule has 0 saturated carbocycles. The molecule has 1 amide bonds. The van der Waals surface area contributed by atoms with Crippen molar-refractivity contribution in [3.8, 4) is 11.3 Å². The van der Waals surface area contributed by atoms with Crippen molar-refractivity contribution in [3.63, 3.8) is 0 Å². The Bertz CT molecular complexity index is 792. The Morgan fingerprint density at radius 1 is 1.35 bits per heavy atom. The highest BCUT2D eigenvalue weighted by Crippen LogP contribution is 2.20. The van der Waals surface area contributed by atoms with Crippen LogP contribution in [0.5, 0.6) is 0 Å². The summed E-state index contributed by atoms with van der Waals surface area (Å²) in [4.78, 5) is 26.7. The average Bonchev–Trinajstić information content (AvgIpc) is 2.88. The molecule has 0 aliphatic carbocycles. The molecule has 0 unspecified atom stereocenters. The molecule has 3 aromatic heterocycles. The monoisotopic (exact) mass is 265 g/mol. The van der Waals surface area contributed by atoms with Crippen LogP contribution < -0.4 is 5.73 Å². The molecule has 0 atom stereocenters. The van der Waals surface area contributed by atoms with E-state index in [9.17, 15) is 4.79 Å². The minimum absolute atomic E-state index is 0.504. The molecule has 3 heterocycles. The van der Waals surface area contributed by atoms with Gasteiger partial charge in [-0.2, -0.15) is 0 Å². The van der Waals surface area contributed by atoms with Gasteiger partial charge in [0.25, 0.3) is 0 Å². The van der Waals surface area contributed by atoms with Crippen molar-refractivity contribution in [1.29, 1.82) is 0 Å². The topological polar surface area (TPSA) is 97.6 Å². The molecule has 0 bridgehead atoms. The second-order valence-electron chi connectivity index (χ2n) is 4.17. The van der Waals surface area contributed by atoms with Gasteiger partial charge in [0, 0.05) is 35.8 Å². The summed E-state index contributed by atoms with van der Waals surface area (Å²) in [5, 5.41) is 0. The van der Waals surface area contributed by atoms with Crippen molar-refractivity contribution in [2.24, 2.45) is 5.73 Å². The molecule has 0 spiro atoms. The van der Waals surface area contributed by atoms with Crippen molar-refractivity contribution in [2.45, 2.75) is 0 Å². The third kappa shape index (κ3) is 2.26. The molecular weight excluding hydrogens is 254 g/mol. The lowest BCUT2D eigenvalue weighted by molar-refractivity contribution is -0.113. The van der Waals surface area contributed by atoms with Crippen LogP contribution in [0.25, 0.3) is 28.5 Å². The van der Waals surface area contributed by atoms with E-state index in [4.69, 9.17) is 5.73 Å². The van der Waals surface area contributed by atoms with E-state index in [1.165, 1.54) is 6.08 Å². The SMILES string of the molecule is NC(=O)/C=C/c1c[nH]c2ncc(-c3cccnc3)nc12. The Morgan fingerprint density at radius 3 is 3.00 bits per heavy atom. The molecule has 0 saturated heterocycles. The predicted molar refractivity (Wildman–Crippen MR) is 75.3 cm³/mol. The lowest BCUT2D eigenvalue weighted by Gasteiger charge is -1.99. The summed E-state index contributed by atoms with van der Waals surface area (Å²) in [5.74, 6) is -0.504. The first-order valence-corrected chi connectivity index (χ1v) is 5.96. The van der Waals surface area contributed by atoms with Gasteiger partial charge in [0.2, 0.25) is 5.91 Å². The zero-order chi connectivity index (χ0) is 13.9. The number of carbonyl (C=O) groups is 1. The fraction of sp³-hybridized carbons (Fsp3) is 0. The molecule has 0 aliphatic heterocycles. The number of fused-ring (bicyclic) bond motifs is 1. The lowest BCUT2D eigenvalue weighted by Crippen LogP contribution is -2.05. The van der Waals surface area contributed by atoms with Crippen LogP contribution in [0, 0.1) is 0 Å². The van der Waals surface area contributed by atoms with E-state index in [1.807, 2.05) is 12.1 Å². The Morgan fingerprint density at radius 2 is 2.25 bits per heavy atom. The summed E-state index contributed by atoms with van der Waals surface area (Å²) < 4.78 is 0. The summed E-state index contributed by atoms with van der Waals surface area (Å²) >= 11 is 0. The molecule has 3 N–H and O–H groups in total. The van der Waals surface area contributed by atoms with Crippen LogP contribution in [-0.4, -0.2) is 25.8 Å². The number of rotatable bonds is 3. The second kappa shape index (κ2) is 4.93. The van der Waals surface area contributed by atoms with Gasteiger partial charge in [0.1, 0.15) is 5.52 Å². The van der Waals surface area contributed by atoms with Crippen molar-refractivity contribution in [3.05, 3.63) is 48.6 Å². The van der Waals surface area contributed by atoms with E-state index in [2.05, 4.69) is 19.9 Å². The number of carbonyl (C=O) groups excluding carboxylic acids is 1. The molecule has 0 aliphatic rings. The van der Waals surface area contributed by atoms with Crippen LogP contribution in [0.2, 0.25) is 0 Å². The van der Waals surface area contributed by atoms with Crippen LogP contribution in [0.1, 0.15) is 5.56 Å². The molecule has 3 rings (SSSR count). The Hall–Kier alpha value is -3.02. The van der Waals surface area contributed by atoms with Crippen LogP contribution in [-0.2, 0) is 4.79 Å². The maximum absolute atomic E-state index is 10.8. The molecule has 0 fully saturated rings. The number of nitrogens with one attached hydrogen (secondary N) is 1. The van der Waals surface area contributed by atoms with Crippen molar-refractivity contribution in [2.75, 3.05) is 0 Å². The van der Waals surface area contributed by atoms with E-state index < -0.39 is 5.91 Å². The molecule has 3 aromatic rings. The van der Waals surface area contributed by atoms with Crippen LogP contribution in [0.3, 0.4) is 0 Å². The molecule has 98 valence electrons. The molecular formula is C14H11N5O. The lowest BCUT2D eigenvalue weighted by atomic mass is 10.2. The number of pyridine rings is 1. The number of hydrogen-bond acceptors (Lipinski definition) is 4. The van der Waals surface area contributed by atoms with Gasteiger partial charge in [0.05, 0.1) is 11.9 Å². The summed E-state index contributed by atoms with van der Waals surface area (Å²) in [6.45, 7) is 0. The van der Waals surface area contributed by atoms with Gasteiger partial charge in [0.15, 0.2) is 5.65 Å². The van der Waals surface area contributed by atoms with Crippen molar-refractivity contribution >= 4 is 23.1 Å². The minimum Gasteiger partial charge on any atom is -0.366 e. The summed E-state index contributed by atoms with van der Waals surface area (Å²) in [6, 6.07) is 3.75. The number of aromatic amines is 1. The Kier molecular flexibility index (Phi) is 2.96. The number of nitrogens with zero attached hydrogens (tertiary/aromatic N) is 3. The van der Waals surface area contributed by atoms with Crippen molar-refractivity contribution in [1.82, 2.24) is 19.9 Å². The maximum atomic E-state index is 10.8. The zero-order valence-corrected chi connectivity index (χ0v) is 10.4. The third-order valence-corrected chi connectivity index (χ3v) is 2.79. The number of nitrogens with two attached hydrogens (primary N) is 1. The second-order valence-corrected chi connectivity index (χ2v) is 4.17. The molecule has 0 radical (unpaired) electrons. The highest BCUT2D eigenvalue weighted by Gasteiger charge is 2.07.